The molecule has 0 atom stereocenters. The Bertz CT molecular complexity index is 879. The van der Waals surface area contributed by atoms with Crippen LogP contribution in [0, 0.1) is 10.1 Å². The molecule has 1 saturated heterocycles. The number of carbonyl (C=O) groups excluding carboxylic acids is 1. The van der Waals surface area contributed by atoms with E-state index in [9.17, 15) is 14.9 Å². The van der Waals surface area contributed by atoms with Gasteiger partial charge in [-0.25, -0.2) is 0 Å². The SMILES string of the molecule is CN(C)c1ccc([N+](=O)[O-])cc1C(=O)NCc1ccccc1CN1CCOCC1. The van der Waals surface area contributed by atoms with Crippen molar-refractivity contribution >= 4 is 17.3 Å². The first-order valence-corrected chi connectivity index (χ1v) is 9.56. The smallest absolute Gasteiger partial charge is 0.270 e. The average molecular weight is 398 g/mol. The number of anilines is 1. The molecule has 154 valence electrons. The first-order valence-electron chi connectivity index (χ1n) is 9.56. The van der Waals surface area contributed by atoms with E-state index in [2.05, 4.69) is 16.3 Å². The zero-order chi connectivity index (χ0) is 20.8. The predicted molar refractivity (Wildman–Crippen MR) is 111 cm³/mol. The molecule has 3 rings (SSSR count). The average Bonchev–Trinajstić information content (AvgIpc) is 2.73. The minimum absolute atomic E-state index is 0.103. The van der Waals surface area contributed by atoms with Crippen LogP contribution in [0.3, 0.4) is 0 Å². The monoisotopic (exact) mass is 398 g/mol. The highest BCUT2D eigenvalue weighted by Crippen LogP contribution is 2.24. The summed E-state index contributed by atoms with van der Waals surface area (Å²) >= 11 is 0. The lowest BCUT2D eigenvalue weighted by atomic mass is 10.1. The Balaban J connectivity index is 1.74. The fourth-order valence-corrected chi connectivity index (χ4v) is 3.36. The summed E-state index contributed by atoms with van der Waals surface area (Å²) in [6, 6.07) is 12.3. The Morgan fingerprint density at radius 2 is 1.86 bits per heavy atom. The highest BCUT2D eigenvalue weighted by atomic mass is 16.6. The summed E-state index contributed by atoms with van der Waals surface area (Å²) in [6.45, 7) is 4.41. The lowest BCUT2D eigenvalue weighted by Crippen LogP contribution is -2.36. The van der Waals surface area contributed by atoms with E-state index in [1.54, 1.807) is 25.1 Å². The third kappa shape index (κ3) is 5.30. The Hall–Kier alpha value is -2.97. The van der Waals surface area contributed by atoms with E-state index in [1.165, 1.54) is 12.1 Å². The summed E-state index contributed by atoms with van der Waals surface area (Å²) in [6.07, 6.45) is 0. The van der Waals surface area contributed by atoms with Gasteiger partial charge in [-0.15, -0.1) is 0 Å². The van der Waals surface area contributed by atoms with Crippen LogP contribution in [0.1, 0.15) is 21.5 Å². The number of carbonyl (C=O) groups is 1. The molecular weight excluding hydrogens is 372 g/mol. The van der Waals surface area contributed by atoms with Gasteiger partial charge in [-0.3, -0.25) is 19.8 Å². The molecular formula is C21H26N4O4. The number of nitrogens with one attached hydrogen (secondary N) is 1. The Labute approximate surface area is 170 Å². The molecule has 1 fully saturated rings. The fraction of sp³-hybridized carbons (Fsp3) is 0.381. The number of rotatable bonds is 7. The van der Waals surface area contributed by atoms with Crippen LogP contribution in [0.5, 0.6) is 0 Å². The van der Waals surface area contributed by atoms with Crippen LogP contribution in [-0.4, -0.2) is 56.1 Å². The zero-order valence-electron chi connectivity index (χ0n) is 16.8. The van der Waals surface area contributed by atoms with Gasteiger partial charge in [-0.05, 0) is 17.2 Å². The van der Waals surface area contributed by atoms with E-state index in [0.29, 0.717) is 12.2 Å². The maximum absolute atomic E-state index is 12.8. The molecule has 0 aromatic heterocycles. The molecule has 8 nitrogen and oxygen atoms in total. The molecule has 1 heterocycles. The van der Waals surface area contributed by atoms with Crippen LogP contribution in [0.25, 0.3) is 0 Å². The minimum atomic E-state index is -0.492. The van der Waals surface area contributed by atoms with Crippen molar-refractivity contribution in [3.05, 3.63) is 69.3 Å². The van der Waals surface area contributed by atoms with Crippen LogP contribution < -0.4 is 10.2 Å². The van der Waals surface area contributed by atoms with Crippen molar-refractivity contribution in [3.8, 4) is 0 Å². The van der Waals surface area contributed by atoms with Crippen LogP contribution in [0.2, 0.25) is 0 Å². The number of nitro benzene ring substituents is 1. The van der Waals surface area contributed by atoms with Gasteiger partial charge in [-0.1, -0.05) is 24.3 Å². The number of amides is 1. The van der Waals surface area contributed by atoms with Gasteiger partial charge < -0.3 is 15.0 Å². The standard InChI is InChI=1S/C21H26N4O4/c1-23(2)20-8-7-18(25(27)28)13-19(20)21(26)22-14-16-5-3-4-6-17(16)15-24-9-11-29-12-10-24/h3-8,13H,9-12,14-15H2,1-2H3,(H,22,26). The van der Waals surface area contributed by atoms with Crippen molar-refractivity contribution in [3.63, 3.8) is 0 Å². The Morgan fingerprint density at radius 1 is 1.17 bits per heavy atom. The molecule has 1 amide bonds. The van der Waals surface area contributed by atoms with E-state index in [4.69, 9.17) is 4.74 Å². The molecule has 0 aliphatic carbocycles. The number of nitrogens with zero attached hydrogens (tertiary/aromatic N) is 3. The topological polar surface area (TPSA) is 87.9 Å². The number of morpholine rings is 1. The molecule has 0 bridgehead atoms. The van der Waals surface area contributed by atoms with Crippen LogP contribution in [0.4, 0.5) is 11.4 Å². The van der Waals surface area contributed by atoms with Gasteiger partial charge in [0.05, 0.1) is 23.7 Å². The first kappa shape index (κ1) is 20.8. The first-order chi connectivity index (χ1) is 14.0. The second kappa shape index (κ2) is 9.49. The highest BCUT2D eigenvalue weighted by molar-refractivity contribution is 6.00. The largest absolute Gasteiger partial charge is 0.379 e. The molecule has 8 heteroatoms. The second-order valence-electron chi connectivity index (χ2n) is 7.19. The summed E-state index contributed by atoms with van der Waals surface area (Å²) in [5, 5.41) is 14.0. The van der Waals surface area contributed by atoms with Gasteiger partial charge in [0, 0.05) is 58.1 Å². The third-order valence-electron chi connectivity index (χ3n) is 4.97. The van der Waals surface area contributed by atoms with Crippen molar-refractivity contribution in [1.29, 1.82) is 0 Å². The maximum atomic E-state index is 12.8. The van der Waals surface area contributed by atoms with Crippen LogP contribution in [-0.2, 0) is 17.8 Å². The molecule has 0 unspecified atom stereocenters. The van der Waals surface area contributed by atoms with Crippen LogP contribution in [0.15, 0.2) is 42.5 Å². The quantitative estimate of drug-likeness (QED) is 0.569. The van der Waals surface area contributed by atoms with Gasteiger partial charge in [0.1, 0.15) is 0 Å². The number of benzene rings is 2. The van der Waals surface area contributed by atoms with Gasteiger partial charge in [0.25, 0.3) is 11.6 Å². The Morgan fingerprint density at radius 3 is 2.52 bits per heavy atom. The highest BCUT2D eigenvalue weighted by Gasteiger charge is 2.18. The van der Waals surface area contributed by atoms with E-state index in [1.807, 2.05) is 18.2 Å². The van der Waals surface area contributed by atoms with E-state index < -0.39 is 4.92 Å². The van der Waals surface area contributed by atoms with Gasteiger partial charge in [0.2, 0.25) is 0 Å². The normalized spacial score (nSPS) is 14.4. The van der Waals surface area contributed by atoms with Crippen molar-refractivity contribution < 1.29 is 14.5 Å². The number of non-ortho nitro benzene ring substituents is 1. The third-order valence-corrected chi connectivity index (χ3v) is 4.97. The molecule has 2 aromatic carbocycles. The molecule has 0 spiro atoms. The van der Waals surface area contributed by atoms with Crippen molar-refractivity contribution in [2.45, 2.75) is 13.1 Å². The lowest BCUT2D eigenvalue weighted by molar-refractivity contribution is -0.384. The maximum Gasteiger partial charge on any atom is 0.270 e. The van der Waals surface area contributed by atoms with E-state index in [-0.39, 0.29) is 17.2 Å². The molecule has 1 aliphatic heterocycles. The molecule has 0 saturated carbocycles. The van der Waals surface area contributed by atoms with Gasteiger partial charge in [-0.2, -0.15) is 0 Å². The number of hydrogen-bond acceptors (Lipinski definition) is 6. The fourth-order valence-electron chi connectivity index (χ4n) is 3.36. The molecule has 1 aliphatic rings. The number of nitro groups is 1. The van der Waals surface area contributed by atoms with Gasteiger partial charge >= 0.3 is 0 Å². The van der Waals surface area contributed by atoms with Crippen molar-refractivity contribution in [2.24, 2.45) is 0 Å². The summed E-state index contributed by atoms with van der Waals surface area (Å²) < 4.78 is 5.40. The summed E-state index contributed by atoms with van der Waals surface area (Å²) in [5.74, 6) is -0.335. The number of ether oxygens (including phenoxy) is 1. The van der Waals surface area contributed by atoms with E-state index >= 15 is 0 Å². The second-order valence-corrected chi connectivity index (χ2v) is 7.19. The zero-order valence-corrected chi connectivity index (χ0v) is 16.8. The molecule has 1 N–H and O–H groups in total. The lowest BCUT2D eigenvalue weighted by Gasteiger charge is -2.27. The molecule has 29 heavy (non-hydrogen) atoms. The van der Waals surface area contributed by atoms with E-state index in [0.717, 1.165) is 44.0 Å². The summed E-state index contributed by atoms with van der Waals surface area (Å²) in [7, 11) is 3.60. The summed E-state index contributed by atoms with van der Waals surface area (Å²) in [5.41, 5.74) is 3.00. The molecule has 2 aromatic rings. The predicted octanol–water partition coefficient (Wildman–Crippen LogP) is 2.42. The summed E-state index contributed by atoms with van der Waals surface area (Å²) in [4.78, 5) is 27.6. The molecule has 0 radical (unpaired) electrons. The van der Waals surface area contributed by atoms with Crippen molar-refractivity contribution in [1.82, 2.24) is 10.2 Å². The van der Waals surface area contributed by atoms with Gasteiger partial charge in [0.15, 0.2) is 0 Å². The van der Waals surface area contributed by atoms with Crippen molar-refractivity contribution in [2.75, 3.05) is 45.3 Å². The minimum Gasteiger partial charge on any atom is -0.379 e. The Kier molecular flexibility index (Phi) is 6.79. The number of hydrogen-bond donors (Lipinski definition) is 1. The van der Waals surface area contributed by atoms with Crippen LogP contribution >= 0.6 is 0 Å².